The number of halogens is 1. The normalized spacial score (nSPS) is 23.1. The number of benzene rings is 1. The molecule has 0 unspecified atom stereocenters. The fourth-order valence-electron chi connectivity index (χ4n) is 4.22. The van der Waals surface area contributed by atoms with Gasteiger partial charge in [-0.2, -0.15) is 0 Å². The Kier molecular flexibility index (Phi) is 5.09. The number of carbonyl (C=O) groups is 2. The van der Waals surface area contributed by atoms with Gasteiger partial charge in [-0.25, -0.2) is 9.18 Å². The molecule has 2 N–H and O–H groups in total. The molecule has 0 aliphatic carbocycles. The number of pyridine rings is 1. The van der Waals surface area contributed by atoms with Crippen molar-refractivity contribution in [3.05, 3.63) is 65.7 Å². The molecule has 1 aromatic carbocycles. The zero-order valence-electron chi connectivity index (χ0n) is 15.5. The highest BCUT2D eigenvalue weighted by Gasteiger charge is 2.55. The van der Waals surface area contributed by atoms with E-state index in [0.29, 0.717) is 12.1 Å². The molecule has 0 spiro atoms. The van der Waals surface area contributed by atoms with Crippen LogP contribution in [0.3, 0.4) is 0 Å². The van der Waals surface area contributed by atoms with Gasteiger partial charge in [0, 0.05) is 12.6 Å². The first kappa shape index (κ1) is 18.6. The average Bonchev–Trinajstić information content (AvgIpc) is 2.96. The molecule has 3 heterocycles. The predicted molar refractivity (Wildman–Crippen MR) is 102 cm³/mol. The molecule has 6 nitrogen and oxygen atoms in total. The van der Waals surface area contributed by atoms with Gasteiger partial charge in [-0.1, -0.05) is 18.2 Å². The molecule has 2 aromatic rings. The zero-order chi connectivity index (χ0) is 19.6. The van der Waals surface area contributed by atoms with E-state index in [-0.39, 0.29) is 24.2 Å². The van der Waals surface area contributed by atoms with Crippen molar-refractivity contribution in [2.45, 2.75) is 31.3 Å². The number of hydrogen-bond donors (Lipinski definition) is 2. The van der Waals surface area contributed by atoms with Crippen LogP contribution in [0.25, 0.3) is 0 Å². The molecule has 4 rings (SSSR count). The van der Waals surface area contributed by atoms with Crippen LogP contribution >= 0.6 is 0 Å². The van der Waals surface area contributed by atoms with E-state index in [1.54, 1.807) is 30.5 Å². The molecule has 2 aliphatic heterocycles. The summed E-state index contributed by atoms with van der Waals surface area (Å²) in [5.74, 6) is -0.526. The lowest BCUT2D eigenvalue weighted by Crippen LogP contribution is -2.57. The maximum atomic E-state index is 13.5. The first-order chi connectivity index (χ1) is 13.6. The van der Waals surface area contributed by atoms with Crippen molar-refractivity contribution >= 4 is 11.9 Å². The van der Waals surface area contributed by atoms with Crippen molar-refractivity contribution in [2.75, 3.05) is 13.1 Å². The number of imide groups is 1. The lowest BCUT2D eigenvalue weighted by atomic mass is 9.74. The predicted octanol–water partition coefficient (Wildman–Crippen LogP) is 2.25. The number of aromatic nitrogens is 1. The summed E-state index contributed by atoms with van der Waals surface area (Å²) in [6, 6.07) is 11.2. The molecule has 2 aliphatic rings. The Hall–Kier alpha value is -2.80. The molecule has 146 valence electrons. The number of nitrogens with one attached hydrogen (secondary N) is 2. The highest BCUT2D eigenvalue weighted by atomic mass is 19.1. The summed E-state index contributed by atoms with van der Waals surface area (Å²) in [5.41, 5.74) is 0.480. The number of amides is 3. The number of rotatable bonds is 5. The number of nitrogens with zero attached hydrogens (tertiary/aromatic N) is 2. The van der Waals surface area contributed by atoms with Crippen LogP contribution in [-0.4, -0.2) is 40.5 Å². The van der Waals surface area contributed by atoms with Crippen molar-refractivity contribution in [3.8, 4) is 0 Å². The molecule has 7 heteroatoms. The third-order valence-electron chi connectivity index (χ3n) is 5.68. The van der Waals surface area contributed by atoms with E-state index in [4.69, 9.17) is 0 Å². The van der Waals surface area contributed by atoms with E-state index in [2.05, 4.69) is 15.6 Å². The number of hydrogen-bond acceptors (Lipinski definition) is 4. The van der Waals surface area contributed by atoms with Gasteiger partial charge in [-0.3, -0.25) is 14.7 Å². The quantitative estimate of drug-likeness (QED) is 0.778. The Morgan fingerprint density at radius 2 is 1.86 bits per heavy atom. The maximum Gasteiger partial charge on any atom is 0.325 e. The summed E-state index contributed by atoms with van der Waals surface area (Å²) in [7, 11) is 0. The number of piperidine rings is 1. The Morgan fingerprint density at radius 3 is 2.54 bits per heavy atom. The molecule has 0 bridgehead atoms. The van der Waals surface area contributed by atoms with Gasteiger partial charge in [0.05, 0.1) is 12.2 Å². The second kappa shape index (κ2) is 7.67. The topological polar surface area (TPSA) is 74.3 Å². The summed E-state index contributed by atoms with van der Waals surface area (Å²) < 4.78 is 13.3. The fourth-order valence-corrected chi connectivity index (χ4v) is 4.22. The Bertz CT molecular complexity index is 852. The molecule has 0 saturated carbocycles. The van der Waals surface area contributed by atoms with Crippen molar-refractivity contribution in [1.82, 2.24) is 20.5 Å². The van der Waals surface area contributed by atoms with Crippen molar-refractivity contribution < 1.29 is 14.0 Å². The van der Waals surface area contributed by atoms with Gasteiger partial charge in [0.25, 0.3) is 5.91 Å². The van der Waals surface area contributed by atoms with Crippen LogP contribution in [0.15, 0.2) is 48.7 Å². The van der Waals surface area contributed by atoms with E-state index >= 15 is 0 Å². The fraction of sp³-hybridized carbons (Fsp3) is 0.381. The zero-order valence-corrected chi connectivity index (χ0v) is 15.5. The SMILES string of the molecule is O=C1N[C@](Cc2ccc(F)cc2)(C2CCNCC2)C(=O)N1Cc1ccccn1. The van der Waals surface area contributed by atoms with Crippen LogP contribution in [0.2, 0.25) is 0 Å². The van der Waals surface area contributed by atoms with Crippen LogP contribution in [0, 0.1) is 11.7 Å². The molecule has 0 radical (unpaired) electrons. The number of carbonyl (C=O) groups excluding carboxylic acids is 2. The monoisotopic (exact) mass is 382 g/mol. The van der Waals surface area contributed by atoms with Crippen LogP contribution < -0.4 is 10.6 Å². The number of urea groups is 1. The highest BCUT2D eigenvalue weighted by Crippen LogP contribution is 2.35. The molecule has 2 saturated heterocycles. The van der Waals surface area contributed by atoms with Gasteiger partial charge in [0.2, 0.25) is 0 Å². The molecular formula is C21H23FN4O2. The van der Waals surface area contributed by atoms with E-state index in [0.717, 1.165) is 31.5 Å². The minimum absolute atomic E-state index is 0.0176. The largest absolute Gasteiger partial charge is 0.325 e. The summed E-state index contributed by atoms with van der Waals surface area (Å²) in [6.45, 7) is 1.75. The summed E-state index contributed by atoms with van der Waals surface area (Å²) in [5, 5.41) is 6.32. The van der Waals surface area contributed by atoms with Gasteiger partial charge in [-0.05, 0) is 61.7 Å². The average molecular weight is 382 g/mol. The Morgan fingerprint density at radius 1 is 1.11 bits per heavy atom. The molecule has 28 heavy (non-hydrogen) atoms. The van der Waals surface area contributed by atoms with E-state index < -0.39 is 11.6 Å². The van der Waals surface area contributed by atoms with E-state index in [9.17, 15) is 14.0 Å². The molecule has 1 atom stereocenters. The van der Waals surface area contributed by atoms with E-state index in [1.807, 2.05) is 6.07 Å². The molecule has 1 aromatic heterocycles. The maximum absolute atomic E-state index is 13.5. The Labute approximate surface area is 163 Å². The molecule has 3 amide bonds. The standard InChI is InChI=1S/C21H23FN4O2/c22-17-6-4-15(5-7-17)13-21(16-8-11-23-12-9-16)19(27)26(20(28)25-21)14-18-3-1-2-10-24-18/h1-7,10,16,23H,8-9,11-14H2,(H,25,28)/t21-/m1/s1. The lowest BCUT2D eigenvalue weighted by molar-refractivity contribution is -0.134. The second-order valence-electron chi connectivity index (χ2n) is 7.44. The first-order valence-corrected chi connectivity index (χ1v) is 9.58. The van der Waals surface area contributed by atoms with Gasteiger partial charge in [0.1, 0.15) is 11.4 Å². The third-order valence-corrected chi connectivity index (χ3v) is 5.68. The smallest absolute Gasteiger partial charge is 0.322 e. The summed E-state index contributed by atoms with van der Waals surface area (Å²) in [4.78, 5) is 31.8. The van der Waals surface area contributed by atoms with Crippen LogP contribution in [0.1, 0.15) is 24.1 Å². The summed E-state index contributed by atoms with van der Waals surface area (Å²) in [6.07, 6.45) is 3.59. The lowest BCUT2D eigenvalue weighted by Gasteiger charge is -2.38. The van der Waals surface area contributed by atoms with Crippen molar-refractivity contribution in [1.29, 1.82) is 0 Å². The molecule has 2 fully saturated rings. The van der Waals surface area contributed by atoms with Crippen LogP contribution in [0.5, 0.6) is 0 Å². The van der Waals surface area contributed by atoms with Crippen LogP contribution in [-0.2, 0) is 17.8 Å². The van der Waals surface area contributed by atoms with Crippen molar-refractivity contribution in [3.63, 3.8) is 0 Å². The highest BCUT2D eigenvalue weighted by molar-refractivity contribution is 6.07. The van der Waals surface area contributed by atoms with Gasteiger partial charge in [0.15, 0.2) is 0 Å². The van der Waals surface area contributed by atoms with Gasteiger partial charge >= 0.3 is 6.03 Å². The van der Waals surface area contributed by atoms with Crippen LogP contribution in [0.4, 0.5) is 9.18 Å². The van der Waals surface area contributed by atoms with Gasteiger partial charge < -0.3 is 10.6 Å². The first-order valence-electron chi connectivity index (χ1n) is 9.58. The second-order valence-corrected chi connectivity index (χ2v) is 7.44. The minimum Gasteiger partial charge on any atom is -0.322 e. The van der Waals surface area contributed by atoms with Crippen molar-refractivity contribution in [2.24, 2.45) is 5.92 Å². The Balaban J connectivity index is 1.65. The third kappa shape index (κ3) is 3.49. The summed E-state index contributed by atoms with van der Waals surface area (Å²) >= 11 is 0. The van der Waals surface area contributed by atoms with Gasteiger partial charge in [-0.15, -0.1) is 0 Å². The molecular weight excluding hydrogens is 359 g/mol. The van der Waals surface area contributed by atoms with E-state index in [1.165, 1.54) is 17.0 Å². The minimum atomic E-state index is -1.01.